The Morgan fingerprint density at radius 2 is 1.06 bits per heavy atom. The molecule has 0 bridgehead atoms. The molecule has 0 unspecified atom stereocenters. The van der Waals surface area contributed by atoms with E-state index in [4.69, 9.17) is 59.4 Å². The van der Waals surface area contributed by atoms with E-state index in [1.54, 1.807) is 0 Å². The van der Waals surface area contributed by atoms with Crippen LogP contribution < -0.4 is 41.9 Å². The Labute approximate surface area is 202 Å². The summed E-state index contributed by atoms with van der Waals surface area (Å²) in [6.45, 7) is 1.77. The van der Waals surface area contributed by atoms with Gasteiger partial charge in [0.1, 0.15) is 0 Å². The van der Waals surface area contributed by atoms with Gasteiger partial charge >= 0.3 is 0 Å². The molecule has 0 aromatic heterocycles. The van der Waals surface area contributed by atoms with E-state index in [9.17, 15) is 0 Å². The van der Waals surface area contributed by atoms with Gasteiger partial charge in [-0.3, -0.25) is 18.4 Å². The summed E-state index contributed by atoms with van der Waals surface area (Å²) < 4.78 is 55.0. The molecule has 0 amide bonds. The number of nitrogens with two attached hydrogens (primary N) is 4. The topological polar surface area (TPSA) is 246 Å². The summed E-state index contributed by atoms with van der Waals surface area (Å²) in [6, 6.07) is 11.7. The third-order valence-corrected chi connectivity index (χ3v) is 4.26. The van der Waals surface area contributed by atoms with Crippen molar-refractivity contribution in [1.82, 2.24) is 0 Å². The van der Waals surface area contributed by atoms with Gasteiger partial charge in [-0.05, 0) is 48.2 Å². The zero-order valence-electron chi connectivity index (χ0n) is 18.6. The predicted octanol–water partition coefficient (Wildman–Crippen LogP) is -0.876. The van der Waals surface area contributed by atoms with Crippen LogP contribution in [0.15, 0.2) is 46.4 Å². The van der Waals surface area contributed by atoms with E-state index >= 15 is 0 Å². The van der Waals surface area contributed by atoms with Crippen molar-refractivity contribution in [2.45, 2.75) is 12.8 Å². The van der Waals surface area contributed by atoms with Crippen LogP contribution in [0.4, 0.5) is 0 Å². The van der Waals surface area contributed by atoms with E-state index in [2.05, 4.69) is 9.98 Å². The number of hydrogen-bond donors (Lipinski definition) is 4. The lowest BCUT2D eigenvalue weighted by atomic mass is 10.1. The number of hydrogen-bond acceptors (Lipinski definition) is 10. The van der Waals surface area contributed by atoms with Crippen molar-refractivity contribution in [3.8, 4) is 23.0 Å². The fraction of sp³-hybridized carbons (Fsp3) is 0.300. The Hall–Kier alpha value is -3.95. The standard InChI is InChI=1S/2C10H13N3O2.H2O4S/c2*11-10(12)13-4-3-7-1-2-8-9(5-7)15-6-14-8;1-5(2,3)4/h2*1-2,5H,3-4,6H2,(H4,11,12,13);(H2,1,2,3,4)/p-2. The summed E-state index contributed by atoms with van der Waals surface area (Å²) in [7, 11) is -5.17. The number of benzene rings is 2. The van der Waals surface area contributed by atoms with E-state index < -0.39 is 10.4 Å². The van der Waals surface area contributed by atoms with E-state index in [0.29, 0.717) is 26.7 Å². The molecule has 35 heavy (non-hydrogen) atoms. The Morgan fingerprint density at radius 3 is 1.40 bits per heavy atom. The van der Waals surface area contributed by atoms with Crippen LogP contribution in [0, 0.1) is 0 Å². The summed E-state index contributed by atoms with van der Waals surface area (Å²) in [6.07, 6.45) is 1.57. The monoisotopic (exact) mass is 510 g/mol. The molecule has 4 rings (SSSR count). The molecule has 14 nitrogen and oxygen atoms in total. The third-order valence-electron chi connectivity index (χ3n) is 4.26. The normalized spacial score (nSPS) is 12.4. The minimum Gasteiger partial charge on any atom is -0.759 e. The van der Waals surface area contributed by atoms with Gasteiger partial charge in [-0.15, -0.1) is 0 Å². The number of rotatable bonds is 6. The highest BCUT2D eigenvalue weighted by atomic mass is 32.3. The average molecular weight is 511 g/mol. The zero-order chi connectivity index (χ0) is 25.8. The first-order valence-corrected chi connectivity index (χ1v) is 11.4. The first-order valence-electron chi connectivity index (χ1n) is 10.1. The van der Waals surface area contributed by atoms with Crippen LogP contribution in [-0.4, -0.2) is 56.1 Å². The Bertz CT molecular complexity index is 1060. The van der Waals surface area contributed by atoms with Crippen LogP contribution in [0.1, 0.15) is 11.1 Å². The number of guanidine groups is 2. The van der Waals surface area contributed by atoms with Crippen LogP contribution in [0.3, 0.4) is 0 Å². The molecule has 2 heterocycles. The second-order valence-corrected chi connectivity index (χ2v) is 7.71. The average Bonchev–Trinajstić information content (AvgIpc) is 3.41. The van der Waals surface area contributed by atoms with Crippen LogP contribution in [-0.2, 0) is 23.2 Å². The van der Waals surface area contributed by atoms with E-state index in [-0.39, 0.29) is 11.9 Å². The lowest BCUT2D eigenvalue weighted by Gasteiger charge is -2.06. The van der Waals surface area contributed by atoms with Gasteiger partial charge < -0.3 is 51.0 Å². The zero-order valence-corrected chi connectivity index (χ0v) is 19.4. The van der Waals surface area contributed by atoms with Gasteiger partial charge in [-0.25, -0.2) is 0 Å². The molecule has 0 atom stereocenters. The fourth-order valence-electron chi connectivity index (χ4n) is 2.82. The highest BCUT2D eigenvalue weighted by Gasteiger charge is 2.13. The van der Waals surface area contributed by atoms with E-state index in [0.717, 1.165) is 47.0 Å². The van der Waals surface area contributed by atoms with Crippen LogP contribution >= 0.6 is 0 Å². The molecule has 2 aliphatic heterocycles. The molecule has 192 valence electrons. The third kappa shape index (κ3) is 11.1. The number of ether oxygens (including phenoxy) is 4. The van der Waals surface area contributed by atoms with Gasteiger partial charge in [0.25, 0.3) is 0 Å². The fourth-order valence-corrected chi connectivity index (χ4v) is 2.82. The molecular formula is C20H26N6O8S-2. The number of fused-ring (bicyclic) bond motifs is 2. The van der Waals surface area contributed by atoms with Crippen molar-refractivity contribution in [2.24, 2.45) is 32.9 Å². The van der Waals surface area contributed by atoms with Gasteiger partial charge in [0.15, 0.2) is 34.9 Å². The molecule has 15 heteroatoms. The van der Waals surface area contributed by atoms with Gasteiger partial charge in [-0.2, -0.15) is 0 Å². The maximum atomic E-state index is 8.52. The summed E-state index contributed by atoms with van der Waals surface area (Å²) in [5.41, 5.74) is 23.2. The summed E-state index contributed by atoms with van der Waals surface area (Å²) >= 11 is 0. The molecule has 2 aromatic carbocycles. The second-order valence-electron chi connectivity index (χ2n) is 6.90. The first kappa shape index (κ1) is 27.3. The van der Waals surface area contributed by atoms with E-state index in [1.165, 1.54) is 0 Å². The van der Waals surface area contributed by atoms with Gasteiger partial charge in [0.05, 0.1) is 0 Å². The molecule has 8 N–H and O–H groups in total. The molecule has 0 aliphatic carbocycles. The summed E-state index contributed by atoms with van der Waals surface area (Å²) in [5.74, 6) is 3.40. The van der Waals surface area contributed by atoms with Gasteiger partial charge in [0.2, 0.25) is 13.6 Å². The van der Waals surface area contributed by atoms with Crippen LogP contribution in [0.25, 0.3) is 0 Å². The van der Waals surface area contributed by atoms with Crippen molar-refractivity contribution < 1.29 is 36.5 Å². The molecule has 2 aromatic rings. The molecule has 2 aliphatic rings. The molecular weight excluding hydrogens is 484 g/mol. The van der Waals surface area contributed by atoms with Gasteiger partial charge in [0, 0.05) is 23.5 Å². The predicted molar refractivity (Wildman–Crippen MR) is 124 cm³/mol. The smallest absolute Gasteiger partial charge is 0.231 e. The molecule has 0 fully saturated rings. The molecule has 0 spiro atoms. The summed E-state index contributed by atoms with van der Waals surface area (Å²) in [4.78, 5) is 7.83. The maximum Gasteiger partial charge on any atom is 0.231 e. The van der Waals surface area contributed by atoms with Crippen LogP contribution in [0.2, 0.25) is 0 Å². The Morgan fingerprint density at radius 1 is 0.714 bits per heavy atom. The lowest BCUT2D eigenvalue weighted by Crippen LogP contribution is -2.23. The highest BCUT2D eigenvalue weighted by Crippen LogP contribution is 2.33. The molecule has 0 saturated heterocycles. The number of nitrogens with zero attached hydrogens (tertiary/aromatic N) is 2. The quantitative estimate of drug-likeness (QED) is 0.160. The van der Waals surface area contributed by atoms with Crippen molar-refractivity contribution in [3.63, 3.8) is 0 Å². The lowest BCUT2D eigenvalue weighted by molar-refractivity contribution is 0.173. The minimum absolute atomic E-state index is 0.121. The van der Waals surface area contributed by atoms with Gasteiger partial charge in [-0.1, -0.05) is 12.1 Å². The largest absolute Gasteiger partial charge is 0.759 e. The van der Waals surface area contributed by atoms with E-state index in [1.807, 2.05) is 36.4 Å². The Balaban J connectivity index is 0.000000208. The Kier molecular flexibility index (Phi) is 10.2. The maximum absolute atomic E-state index is 8.52. The van der Waals surface area contributed by atoms with Crippen molar-refractivity contribution in [1.29, 1.82) is 0 Å². The second kappa shape index (κ2) is 13.1. The number of aliphatic imine (C=N–C) groups is 2. The highest BCUT2D eigenvalue weighted by molar-refractivity contribution is 7.79. The molecule has 0 radical (unpaired) electrons. The van der Waals surface area contributed by atoms with Crippen LogP contribution in [0.5, 0.6) is 23.0 Å². The molecule has 0 saturated carbocycles. The summed E-state index contributed by atoms with van der Waals surface area (Å²) in [5, 5.41) is 0. The van der Waals surface area contributed by atoms with Crippen molar-refractivity contribution >= 4 is 22.3 Å². The van der Waals surface area contributed by atoms with Crippen molar-refractivity contribution in [3.05, 3.63) is 47.5 Å². The minimum atomic E-state index is -5.17. The van der Waals surface area contributed by atoms with Crippen molar-refractivity contribution in [2.75, 3.05) is 26.7 Å². The SMILES string of the molecule is NC(N)=NCCc1ccc2c(c1)OCO2.NC(N)=NCCc1ccc2c(c1)OCO2.O=S(=O)([O-])[O-]. The first-order chi connectivity index (χ1) is 16.5.